The first-order chi connectivity index (χ1) is 14.6. The quantitative estimate of drug-likeness (QED) is 0.495. The van der Waals surface area contributed by atoms with Crippen molar-refractivity contribution in [3.05, 3.63) is 41.2 Å². The summed E-state index contributed by atoms with van der Waals surface area (Å²) in [5, 5.41) is 5.36. The lowest BCUT2D eigenvalue weighted by Gasteiger charge is -2.27. The smallest absolute Gasteiger partial charge is 0.341 e. The fourth-order valence-corrected chi connectivity index (χ4v) is 3.95. The number of rotatable bonds is 6. The van der Waals surface area contributed by atoms with Crippen LogP contribution in [0.3, 0.4) is 0 Å². The van der Waals surface area contributed by atoms with Crippen LogP contribution in [0, 0.1) is 13.8 Å². The minimum absolute atomic E-state index is 0.318. The summed E-state index contributed by atoms with van der Waals surface area (Å²) in [6, 6.07) is 6.16. The highest BCUT2D eigenvalue weighted by atomic mass is 16.5. The van der Waals surface area contributed by atoms with E-state index in [-0.39, 0.29) is 5.97 Å². The molecule has 1 aliphatic rings. The Kier molecular flexibility index (Phi) is 6.11. The van der Waals surface area contributed by atoms with Crippen molar-refractivity contribution in [2.24, 2.45) is 0 Å². The van der Waals surface area contributed by atoms with Crippen molar-refractivity contribution in [1.29, 1.82) is 0 Å². The van der Waals surface area contributed by atoms with E-state index in [0.29, 0.717) is 18.7 Å². The Bertz CT molecular complexity index is 1080. The molecule has 3 heterocycles. The number of carbonyl (C=O) groups is 1. The number of anilines is 1. The number of benzene rings is 1. The van der Waals surface area contributed by atoms with Gasteiger partial charge in [0.05, 0.1) is 36.5 Å². The molecular weight excluding hydrogens is 380 g/mol. The number of hydrogen-bond donors (Lipinski definition) is 1. The van der Waals surface area contributed by atoms with E-state index in [0.717, 1.165) is 71.6 Å². The molecule has 1 aliphatic heterocycles. The van der Waals surface area contributed by atoms with Gasteiger partial charge in [-0.05, 0) is 32.9 Å². The maximum Gasteiger partial charge on any atom is 0.341 e. The molecule has 0 saturated carbocycles. The second kappa shape index (κ2) is 8.93. The number of nitrogens with one attached hydrogen (secondary N) is 1. The normalized spacial score (nSPS) is 14.9. The van der Waals surface area contributed by atoms with Crippen molar-refractivity contribution in [1.82, 2.24) is 14.9 Å². The fourth-order valence-electron chi connectivity index (χ4n) is 3.95. The average Bonchev–Trinajstić information content (AvgIpc) is 2.75. The molecule has 7 heteroatoms. The number of hydrogen-bond acceptors (Lipinski definition) is 7. The molecule has 1 N–H and O–H groups in total. The Hall–Kier alpha value is -2.77. The zero-order chi connectivity index (χ0) is 21.1. The second-order valence-corrected chi connectivity index (χ2v) is 7.59. The molecule has 0 aliphatic carbocycles. The summed E-state index contributed by atoms with van der Waals surface area (Å²) < 4.78 is 10.7. The molecule has 30 heavy (non-hydrogen) atoms. The third kappa shape index (κ3) is 4.08. The van der Waals surface area contributed by atoms with Gasteiger partial charge >= 0.3 is 5.97 Å². The number of nitrogens with zero attached hydrogens (tertiary/aromatic N) is 3. The topological polar surface area (TPSA) is 76.6 Å². The summed E-state index contributed by atoms with van der Waals surface area (Å²) >= 11 is 0. The number of aryl methyl sites for hydroxylation is 2. The van der Waals surface area contributed by atoms with Gasteiger partial charge in [-0.15, -0.1) is 0 Å². The van der Waals surface area contributed by atoms with E-state index in [1.165, 1.54) is 0 Å². The number of ether oxygens (including phenoxy) is 2. The number of pyridine rings is 2. The van der Waals surface area contributed by atoms with Crippen LogP contribution in [0.1, 0.15) is 28.5 Å². The lowest BCUT2D eigenvalue weighted by atomic mass is 10.0. The highest BCUT2D eigenvalue weighted by molar-refractivity contribution is 6.13. The van der Waals surface area contributed by atoms with Crippen molar-refractivity contribution in [2.75, 3.05) is 51.3 Å². The summed E-state index contributed by atoms with van der Waals surface area (Å²) in [4.78, 5) is 24.5. The van der Waals surface area contributed by atoms with E-state index in [1.807, 2.05) is 13.0 Å². The van der Waals surface area contributed by atoms with Crippen LogP contribution in [-0.4, -0.2) is 66.8 Å². The highest BCUT2D eigenvalue weighted by Crippen LogP contribution is 2.33. The summed E-state index contributed by atoms with van der Waals surface area (Å²) in [6.07, 6.45) is 1.62. The molecule has 1 saturated heterocycles. The van der Waals surface area contributed by atoms with Crippen LogP contribution >= 0.6 is 0 Å². The largest absolute Gasteiger partial charge is 0.462 e. The molecule has 0 radical (unpaired) electrons. The van der Waals surface area contributed by atoms with Gasteiger partial charge in [-0.1, -0.05) is 11.6 Å². The highest BCUT2D eigenvalue weighted by Gasteiger charge is 2.20. The van der Waals surface area contributed by atoms with Crippen LogP contribution in [-0.2, 0) is 9.47 Å². The monoisotopic (exact) mass is 408 g/mol. The Balaban J connectivity index is 1.78. The number of esters is 1. The molecule has 1 fully saturated rings. The molecular formula is C23H28N4O3. The molecule has 2 aromatic heterocycles. The zero-order valence-electron chi connectivity index (χ0n) is 17.8. The van der Waals surface area contributed by atoms with Crippen LogP contribution in [0.4, 0.5) is 5.69 Å². The van der Waals surface area contributed by atoms with Gasteiger partial charge in [-0.3, -0.25) is 14.9 Å². The minimum atomic E-state index is -0.371. The van der Waals surface area contributed by atoms with Crippen LogP contribution in [0.15, 0.2) is 24.4 Å². The van der Waals surface area contributed by atoms with Gasteiger partial charge in [0.25, 0.3) is 0 Å². The number of morpholine rings is 1. The molecule has 0 spiro atoms. The average molecular weight is 409 g/mol. The third-order valence-corrected chi connectivity index (χ3v) is 5.46. The van der Waals surface area contributed by atoms with Gasteiger partial charge in [0.15, 0.2) is 0 Å². The van der Waals surface area contributed by atoms with E-state index in [1.54, 1.807) is 13.1 Å². The van der Waals surface area contributed by atoms with Crippen LogP contribution in [0.2, 0.25) is 0 Å². The van der Waals surface area contributed by atoms with Gasteiger partial charge in [-0.2, -0.15) is 0 Å². The Morgan fingerprint density at radius 2 is 2.07 bits per heavy atom. The van der Waals surface area contributed by atoms with Crippen molar-refractivity contribution in [2.45, 2.75) is 20.8 Å². The first kappa shape index (κ1) is 20.5. The van der Waals surface area contributed by atoms with E-state index in [4.69, 9.17) is 14.5 Å². The lowest BCUT2D eigenvalue weighted by Crippen LogP contribution is -2.39. The molecule has 4 rings (SSSR count). The van der Waals surface area contributed by atoms with E-state index < -0.39 is 0 Å². The van der Waals surface area contributed by atoms with Crippen molar-refractivity contribution < 1.29 is 14.3 Å². The molecule has 0 unspecified atom stereocenters. The fraction of sp³-hybridized carbons (Fsp3) is 0.435. The summed E-state index contributed by atoms with van der Waals surface area (Å²) in [5.41, 5.74) is 4.94. The van der Waals surface area contributed by atoms with Crippen molar-refractivity contribution in [3.63, 3.8) is 0 Å². The number of aromatic nitrogens is 2. The summed E-state index contributed by atoms with van der Waals surface area (Å²) in [7, 11) is 0. The van der Waals surface area contributed by atoms with Gasteiger partial charge < -0.3 is 14.8 Å². The Morgan fingerprint density at radius 3 is 2.83 bits per heavy atom. The van der Waals surface area contributed by atoms with Gasteiger partial charge in [0.2, 0.25) is 0 Å². The Morgan fingerprint density at radius 1 is 1.27 bits per heavy atom. The van der Waals surface area contributed by atoms with Crippen molar-refractivity contribution in [3.8, 4) is 0 Å². The number of fused-ring (bicyclic) bond motifs is 3. The summed E-state index contributed by atoms with van der Waals surface area (Å²) in [5.74, 6) is -0.371. The molecule has 0 atom stereocenters. The number of carbonyl (C=O) groups excluding carboxylic acids is 1. The second-order valence-electron chi connectivity index (χ2n) is 7.59. The van der Waals surface area contributed by atoms with E-state index in [2.05, 4.69) is 34.3 Å². The first-order valence-corrected chi connectivity index (χ1v) is 10.5. The Labute approximate surface area is 176 Å². The molecule has 0 bridgehead atoms. The molecule has 158 valence electrons. The van der Waals surface area contributed by atoms with E-state index in [9.17, 15) is 4.79 Å². The van der Waals surface area contributed by atoms with Gasteiger partial charge in [-0.25, -0.2) is 4.79 Å². The van der Waals surface area contributed by atoms with Crippen LogP contribution < -0.4 is 5.32 Å². The predicted molar refractivity (Wildman–Crippen MR) is 118 cm³/mol. The zero-order valence-corrected chi connectivity index (χ0v) is 17.8. The molecule has 3 aromatic rings. The lowest BCUT2D eigenvalue weighted by molar-refractivity contribution is 0.0398. The minimum Gasteiger partial charge on any atom is -0.462 e. The molecule has 1 aromatic carbocycles. The third-order valence-electron chi connectivity index (χ3n) is 5.46. The maximum absolute atomic E-state index is 12.7. The first-order valence-electron chi connectivity index (χ1n) is 10.5. The molecule has 0 amide bonds. The summed E-state index contributed by atoms with van der Waals surface area (Å²) in [6.45, 7) is 11.1. The van der Waals surface area contributed by atoms with Crippen LogP contribution in [0.5, 0.6) is 0 Å². The molecule has 7 nitrogen and oxygen atoms in total. The SMILES string of the molecule is CCOC(=O)c1cnc2c(c(C)nc3ccc(C)cc32)c1NCCN1CCOCC1. The van der Waals surface area contributed by atoms with Gasteiger partial charge in [0, 0.05) is 48.8 Å². The predicted octanol–water partition coefficient (Wildman–Crippen LogP) is 3.32. The standard InChI is InChI=1S/C23H28N4O3/c1-4-30-23(28)18-14-25-21-17-13-15(2)5-6-19(17)26-16(3)20(21)22(18)24-7-8-27-9-11-29-12-10-27/h5-6,13-14H,4,7-12H2,1-3H3,(H,24,25). The van der Waals surface area contributed by atoms with Crippen LogP contribution in [0.25, 0.3) is 21.8 Å². The van der Waals surface area contributed by atoms with E-state index >= 15 is 0 Å². The maximum atomic E-state index is 12.7. The van der Waals surface area contributed by atoms with Crippen molar-refractivity contribution >= 4 is 33.5 Å². The van der Waals surface area contributed by atoms with Gasteiger partial charge in [0.1, 0.15) is 5.56 Å².